The summed E-state index contributed by atoms with van der Waals surface area (Å²) in [4.78, 5) is 17.9. The molecule has 1 heterocycles. The van der Waals surface area contributed by atoms with Crippen molar-refractivity contribution in [2.75, 3.05) is 7.05 Å². The van der Waals surface area contributed by atoms with Crippen molar-refractivity contribution in [3.8, 4) is 0 Å². The third kappa shape index (κ3) is 3.45. The monoisotopic (exact) mass is 371 g/mol. The SMILES string of the molecule is CC(=O)N(C)Cc1nc2ccccc2n1Cc1ccc(Br)cc1. The van der Waals surface area contributed by atoms with E-state index in [-0.39, 0.29) is 5.91 Å². The van der Waals surface area contributed by atoms with Crippen LogP contribution in [0.2, 0.25) is 0 Å². The molecule has 0 bridgehead atoms. The highest BCUT2D eigenvalue weighted by Gasteiger charge is 2.14. The van der Waals surface area contributed by atoms with Crippen LogP contribution in [0.5, 0.6) is 0 Å². The minimum atomic E-state index is 0.0345. The zero-order chi connectivity index (χ0) is 16.4. The van der Waals surface area contributed by atoms with Crippen molar-refractivity contribution in [3.63, 3.8) is 0 Å². The van der Waals surface area contributed by atoms with Gasteiger partial charge in [0.25, 0.3) is 0 Å². The third-order valence-electron chi connectivity index (χ3n) is 3.90. The maximum absolute atomic E-state index is 11.6. The van der Waals surface area contributed by atoms with Crippen LogP contribution in [0, 0.1) is 0 Å². The van der Waals surface area contributed by atoms with Crippen molar-refractivity contribution in [2.24, 2.45) is 0 Å². The molecule has 0 fully saturated rings. The summed E-state index contributed by atoms with van der Waals surface area (Å²) in [6, 6.07) is 16.3. The van der Waals surface area contributed by atoms with Gasteiger partial charge in [0.1, 0.15) is 5.82 Å². The van der Waals surface area contributed by atoms with Crippen LogP contribution in [0.1, 0.15) is 18.3 Å². The molecule has 0 aliphatic heterocycles. The molecule has 0 aliphatic rings. The quantitative estimate of drug-likeness (QED) is 0.698. The van der Waals surface area contributed by atoms with Crippen LogP contribution >= 0.6 is 15.9 Å². The Kier molecular flexibility index (Phi) is 4.48. The predicted molar refractivity (Wildman–Crippen MR) is 95.1 cm³/mol. The maximum atomic E-state index is 11.6. The molecule has 23 heavy (non-hydrogen) atoms. The number of benzene rings is 2. The molecular formula is C18H18BrN3O. The van der Waals surface area contributed by atoms with Gasteiger partial charge in [0.2, 0.25) is 5.91 Å². The molecule has 0 atom stereocenters. The second kappa shape index (κ2) is 6.54. The molecule has 0 saturated carbocycles. The molecule has 0 aliphatic carbocycles. The summed E-state index contributed by atoms with van der Waals surface area (Å²) < 4.78 is 3.24. The number of hydrogen-bond acceptors (Lipinski definition) is 2. The van der Waals surface area contributed by atoms with E-state index < -0.39 is 0 Å². The first-order chi connectivity index (χ1) is 11.0. The summed E-state index contributed by atoms with van der Waals surface area (Å²) in [6.07, 6.45) is 0. The van der Waals surface area contributed by atoms with Crippen LogP contribution in [-0.2, 0) is 17.9 Å². The minimum absolute atomic E-state index is 0.0345. The summed E-state index contributed by atoms with van der Waals surface area (Å²) in [5, 5.41) is 0. The van der Waals surface area contributed by atoms with Crippen LogP contribution in [0.15, 0.2) is 53.0 Å². The molecular weight excluding hydrogens is 354 g/mol. The zero-order valence-corrected chi connectivity index (χ0v) is 14.7. The predicted octanol–water partition coefficient (Wildman–Crippen LogP) is 3.83. The van der Waals surface area contributed by atoms with E-state index in [1.807, 2.05) is 30.3 Å². The Hall–Kier alpha value is -2.14. The first kappa shape index (κ1) is 15.7. The molecule has 0 unspecified atom stereocenters. The third-order valence-corrected chi connectivity index (χ3v) is 4.43. The van der Waals surface area contributed by atoms with E-state index in [9.17, 15) is 4.79 Å². The van der Waals surface area contributed by atoms with E-state index in [2.05, 4.69) is 38.7 Å². The van der Waals surface area contributed by atoms with Gasteiger partial charge in [-0.1, -0.05) is 40.2 Å². The van der Waals surface area contributed by atoms with Crippen LogP contribution < -0.4 is 0 Å². The van der Waals surface area contributed by atoms with Gasteiger partial charge in [-0.05, 0) is 29.8 Å². The van der Waals surface area contributed by atoms with E-state index in [0.29, 0.717) is 6.54 Å². The van der Waals surface area contributed by atoms with Crippen molar-refractivity contribution in [1.82, 2.24) is 14.5 Å². The second-order valence-electron chi connectivity index (χ2n) is 5.60. The molecule has 1 aromatic heterocycles. The van der Waals surface area contributed by atoms with Crippen molar-refractivity contribution in [2.45, 2.75) is 20.0 Å². The van der Waals surface area contributed by atoms with Crippen LogP contribution in [0.4, 0.5) is 0 Å². The molecule has 3 rings (SSSR count). The smallest absolute Gasteiger partial charge is 0.219 e. The molecule has 0 saturated heterocycles. The number of aromatic nitrogens is 2. The van der Waals surface area contributed by atoms with E-state index in [4.69, 9.17) is 4.98 Å². The number of halogens is 1. The minimum Gasteiger partial charge on any atom is -0.339 e. The molecule has 4 nitrogen and oxygen atoms in total. The Morgan fingerprint density at radius 3 is 2.57 bits per heavy atom. The maximum Gasteiger partial charge on any atom is 0.219 e. The molecule has 3 aromatic rings. The van der Waals surface area contributed by atoms with Gasteiger partial charge in [0, 0.05) is 25.0 Å². The Morgan fingerprint density at radius 1 is 1.17 bits per heavy atom. The van der Waals surface area contributed by atoms with Gasteiger partial charge in [-0.15, -0.1) is 0 Å². The summed E-state index contributed by atoms with van der Waals surface area (Å²) in [7, 11) is 1.80. The average molecular weight is 372 g/mol. The molecule has 118 valence electrons. The topological polar surface area (TPSA) is 38.1 Å². The lowest BCUT2D eigenvalue weighted by Crippen LogP contribution is -2.25. The standard InChI is InChI=1S/C18H18BrN3O/c1-13(23)21(2)12-18-20-16-5-3-4-6-17(16)22(18)11-14-7-9-15(19)10-8-14/h3-10H,11-12H2,1-2H3. The summed E-state index contributed by atoms with van der Waals surface area (Å²) >= 11 is 3.46. The van der Waals surface area contributed by atoms with E-state index >= 15 is 0 Å². The normalized spacial score (nSPS) is 10.9. The molecule has 5 heteroatoms. The summed E-state index contributed by atoms with van der Waals surface area (Å²) in [6.45, 7) is 2.80. The van der Waals surface area contributed by atoms with E-state index in [1.54, 1.807) is 18.9 Å². The zero-order valence-electron chi connectivity index (χ0n) is 13.2. The number of carbonyl (C=O) groups is 1. The number of fused-ring (bicyclic) bond motifs is 1. The lowest BCUT2D eigenvalue weighted by atomic mass is 10.2. The van der Waals surface area contributed by atoms with Gasteiger partial charge in [0.05, 0.1) is 17.6 Å². The van der Waals surface area contributed by atoms with Gasteiger partial charge in [-0.25, -0.2) is 4.98 Å². The summed E-state index contributed by atoms with van der Waals surface area (Å²) in [5.74, 6) is 0.930. The van der Waals surface area contributed by atoms with Gasteiger partial charge in [-0.3, -0.25) is 4.79 Å². The van der Waals surface area contributed by atoms with Gasteiger partial charge >= 0.3 is 0 Å². The van der Waals surface area contributed by atoms with Gasteiger partial charge in [0.15, 0.2) is 0 Å². The molecule has 2 aromatic carbocycles. The number of amides is 1. The fourth-order valence-electron chi connectivity index (χ4n) is 2.52. The number of imidazole rings is 1. The first-order valence-electron chi connectivity index (χ1n) is 7.45. The van der Waals surface area contributed by atoms with Crippen molar-refractivity contribution < 1.29 is 4.79 Å². The Labute approximate surface area is 143 Å². The van der Waals surface area contributed by atoms with Crippen LogP contribution in [0.25, 0.3) is 11.0 Å². The Balaban J connectivity index is 2.01. The van der Waals surface area contributed by atoms with E-state index in [0.717, 1.165) is 27.9 Å². The fraction of sp³-hybridized carbons (Fsp3) is 0.222. The molecule has 0 radical (unpaired) electrons. The largest absolute Gasteiger partial charge is 0.339 e. The van der Waals surface area contributed by atoms with Gasteiger partial charge in [-0.2, -0.15) is 0 Å². The number of rotatable bonds is 4. The average Bonchev–Trinajstić information content (AvgIpc) is 2.87. The highest BCUT2D eigenvalue weighted by molar-refractivity contribution is 9.10. The summed E-state index contributed by atoms with van der Waals surface area (Å²) in [5.41, 5.74) is 3.24. The Morgan fingerprint density at radius 2 is 1.87 bits per heavy atom. The molecule has 1 amide bonds. The highest BCUT2D eigenvalue weighted by atomic mass is 79.9. The fourth-order valence-corrected chi connectivity index (χ4v) is 2.78. The molecule has 0 spiro atoms. The van der Waals surface area contributed by atoms with Crippen molar-refractivity contribution in [1.29, 1.82) is 0 Å². The second-order valence-corrected chi connectivity index (χ2v) is 6.52. The van der Waals surface area contributed by atoms with Crippen LogP contribution in [0.3, 0.4) is 0 Å². The van der Waals surface area contributed by atoms with Crippen molar-refractivity contribution in [3.05, 3.63) is 64.4 Å². The number of para-hydroxylation sites is 2. The van der Waals surface area contributed by atoms with Crippen molar-refractivity contribution >= 4 is 32.9 Å². The number of carbonyl (C=O) groups excluding carboxylic acids is 1. The Bertz CT molecular complexity index is 839. The first-order valence-corrected chi connectivity index (χ1v) is 8.24. The molecule has 0 N–H and O–H groups in total. The lowest BCUT2D eigenvalue weighted by Gasteiger charge is -2.16. The van der Waals surface area contributed by atoms with Crippen LogP contribution in [-0.4, -0.2) is 27.4 Å². The highest BCUT2D eigenvalue weighted by Crippen LogP contribution is 2.20. The lowest BCUT2D eigenvalue weighted by molar-refractivity contribution is -0.128. The number of hydrogen-bond donors (Lipinski definition) is 0. The van der Waals surface area contributed by atoms with Gasteiger partial charge < -0.3 is 9.47 Å². The number of nitrogens with zero attached hydrogens (tertiary/aromatic N) is 3. The van der Waals surface area contributed by atoms with E-state index in [1.165, 1.54) is 5.56 Å².